The maximum absolute atomic E-state index is 3.83. The predicted molar refractivity (Wildman–Crippen MR) is 108 cm³/mol. The Bertz CT molecular complexity index is 709. The molecule has 0 heterocycles. The van der Waals surface area contributed by atoms with Crippen molar-refractivity contribution in [3.05, 3.63) is 107 Å². The highest BCUT2D eigenvalue weighted by Gasteiger charge is 2.28. The quantitative estimate of drug-likeness (QED) is 0.439. The van der Waals surface area contributed by atoms with Crippen LogP contribution < -0.4 is 0 Å². The van der Waals surface area contributed by atoms with Gasteiger partial charge in [-0.15, -0.1) is 0 Å². The van der Waals surface area contributed by atoms with Gasteiger partial charge in [0.05, 0.1) is 0 Å². The van der Waals surface area contributed by atoms with Gasteiger partial charge in [-0.1, -0.05) is 87.8 Å². The van der Waals surface area contributed by atoms with Crippen molar-refractivity contribution in [2.75, 3.05) is 0 Å². The van der Waals surface area contributed by atoms with E-state index in [1.165, 1.54) is 33.4 Å². The summed E-state index contributed by atoms with van der Waals surface area (Å²) in [5.41, 5.74) is 8.18. The number of hydrogen-bond acceptors (Lipinski definition) is 0. The van der Waals surface area contributed by atoms with Gasteiger partial charge in [-0.2, -0.15) is 0 Å². The first-order valence-electron chi connectivity index (χ1n) is 8.92. The maximum Gasteiger partial charge on any atom is -0.00731 e. The second kappa shape index (κ2) is 9.08. The van der Waals surface area contributed by atoms with Crippen LogP contribution in [0.15, 0.2) is 107 Å². The molecular formula is C24H28. The summed E-state index contributed by atoms with van der Waals surface area (Å²) in [4.78, 5) is 0. The van der Waals surface area contributed by atoms with Crippen molar-refractivity contribution in [1.29, 1.82) is 0 Å². The fourth-order valence-electron chi connectivity index (χ4n) is 3.31. The SMILES string of the molecule is C=C/C=C\C1=C(/C=C\CC)C2=CCC/C(=C/CC)C2=C1/C=C\C=C. The fraction of sp³-hybridized carbons (Fsp3) is 0.250. The van der Waals surface area contributed by atoms with Crippen LogP contribution in [0.1, 0.15) is 39.5 Å². The summed E-state index contributed by atoms with van der Waals surface area (Å²) in [5, 5.41) is 0. The van der Waals surface area contributed by atoms with Crippen LogP contribution in [0, 0.1) is 0 Å². The first kappa shape index (κ1) is 18.0. The Morgan fingerprint density at radius 1 is 0.917 bits per heavy atom. The molecule has 0 atom stereocenters. The third kappa shape index (κ3) is 3.76. The Morgan fingerprint density at radius 2 is 1.62 bits per heavy atom. The second-order valence-electron chi connectivity index (χ2n) is 5.91. The summed E-state index contributed by atoms with van der Waals surface area (Å²) in [6.07, 6.45) is 25.8. The molecule has 24 heavy (non-hydrogen) atoms. The lowest BCUT2D eigenvalue weighted by atomic mass is 9.86. The molecule has 0 nitrogen and oxygen atoms in total. The third-order valence-corrected chi connectivity index (χ3v) is 4.26. The maximum atomic E-state index is 3.83. The molecular weight excluding hydrogens is 288 g/mol. The lowest BCUT2D eigenvalue weighted by Crippen LogP contribution is -2.00. The van der Waals surface area contributed by atoms with Crippen LogP contribution in [-0.2, 0) is 0 Å². The molecule has 2 aliphatic carbocycles. The van der Waals surface area contributed by atoms with E-state index >= 15 is 0 Å². The minimum absolute atomic E-state index is 1.04. The van der Waals surface area contributed by atoms with Crippen molar-refractivity contribution in [2.45, 2.75) is 39.5 Å². The smallest absolute Gasteiger partial charge is 0.00731 e. The number of hydrogen-bond donors (Lipinski definition) is 0. The van der Waals surface area contributed by atoms with Crippen molar-refractivity contribution in [2.24, 2.45) is 0 Å². The molecule has 0 amide bonds. The van der Waals surface area contributed by atoms with Gasteiger partial charge >= 0.3 is 0 Å². The van der Waals surface area contributed by atoms with E-state index in [0.29, 0.717) is 0 Å². The van der Waals surface area contributed by atoms with Crippen LogP contribution >= 0.6 is 0 Å². The monoisotopic (exact) mass is 316 g/mol. The van der Waals surface area contributed by atoms with Crippen molar-refractivity contribution < 1.29 is 0 Å². The Balaban J connectivity index is 2.72. The van der Waals surface area contributed by atoms with Gasteiger partial charge in [0.15, 0.2) is 0 Å². The molecule has 0 aliphatic heterocycles. The summed E-state index contributed by atoms with van der Waals surface area (Å²) in [6.45, 7) is 12.0. The van der Waals surface area contributed by atoms with Crippen LogP contribution in [0.5, 0.6) is 0 Å². The van der Waals surface area contributed by atoms with Crippen molar-refractivity contribution in [1.82, 2.24) is 0 Å². The van der Waals surface area contributed by atoms with Crippen molar-refractivity contribution in [3.63, 3.8) is 0 Å². The second-order valence-corrected chi connectivity index (χ2v) is 5.91. The van der Waals surface area contributed by atoms with Gasteiger partial charge in [0.2, 0.25) is 0 Å². The molecule has 0 N–H and O–H groups in total. The minimum Gasteiger partial charge on any atom is -0.0991 e. The molecule has 0 fully saturated rings. The zero-order valence-electron chi connectivity index (χ0n) is 15.0. The summed E-state index contributed by atoms with van der Waals surface area (Å²) >= 11 is 0. The van der Waals surface area contributed by atoms with E-state index < -0.39 is 0 Å². The third-order valence-electron chi connectivity index (χ3n) is 4.26. The Morgan fingerprint density at radius 3 is 2.25 bits per heavy atom. The number of allylic oxidation sites excluding steroid dienone is 16. The highest BCUT2D eigenvalue weighted by Crippen LogP contribution is 2.46. The predicted octanol–water partition coefficient (Wildman–Crippen LogP) is 7.10. The molecule has 0 spiro atoms. The molecule has 0 radical (unpaired) electrons. The Labute approximate surface area is 147 Å². The van der Waals surface area contributed by atoms with Gasteiger partial charge in [0.25, 0.3) is 0 Å². The molecule has 0 aromatic carbocycles. The molecule has 0 aromatic heterocycles. The van der Waals surface area contributed by atoms with Crippen molar-refractivity contribution >= 4 is 0 Å². The van der Waals surface area contributed by atoms with E-state index in [0.717, 1.165) is 25.7 Å². The molecule has 2 rings (SSSR count). The summed E-state index contributed by atoms with van der Waals surface area (Å²) in [5.74, 6) is 0. The number of fused-ring (bicyclic) bond motifs is 1. The zero-order valence-corrected chi connectivity index (χ0v) is 15.0. The van der Waals surface area contributed by atoms with Gasteiger partial charge in [-0.25, -0.2) is 0 Å². The highest BCUT2D eigenvalue weighted by atomic mass is 14.3. The average molecular weight is 316 g/mol. The normalized spacial score (nSPS) is 19.9. The van der Waals surface area contributed by atoms with Crippen LogP contribution in [0.25, 0.3) is 0 Å². The largest absolute Gasteiger partial charge is 0.0991 e. The van der Waals surface area contributed by atoms with Gasteiger partial charge in [-0.05, 0) is 59.1 Å². The van der Waals surface area contributed by atoms with Gasteiger partial charge in [0, 0.05) is 0 Å². The minimum atomic E-state index is 1.04. The number of rotatable bonds is 7. The van der Waals surface area contributed by atoms with E-state index in [1.807, 2.05) is 24.3 Å². The van der Waals surface area contributed by atoms with E-state index in [2.05, 4.69) is 63.5 Å². The molecule has 0 heteroatoms. The molecule has 0 saturated heterocycles. The van der Waals surface area contributed by atoms with Crippen molar-refractivity contribution in [3.8, 4) is 0 Å². The van der Waals surface area contributed by atoms with E-state index in [1.54, 1.807) is 0 Å². The summed E-state index contributed by atoms with van der Waals surface area (Å²) in [6, 6.07) is 0. The standard InChI is InChI=1S/C24H28/c1-5-9-15-20-21(16-10-6-2)23-18-12-14-19(13-8-4)24(23)22(20)17-11-7-3/h5,7,9-11,13,15-18H,1,3,6,8,12,14H2,2,4H3/b15-9-,16-10-,17-11-,19-13-. The molecule has 124 valence electrons. The highest BCUT2D eigenvalue weighted by molar-refractivity contribution is 5.78. The van der Waals surface area contributed by atoms with E-state index in [4.69, 9.17) is 0 Å². The van der Waals surface area contributed by atoms with E-state index in [9.17, 15) is 0 Å². The molecule has 0 saturated carbocycles. The average Bonchev–Trinajstić information content (AvgIpc) is 2.90. The van der Waals surface area contributed by atoms with Crippen LogP contribution in [0.4, 0.5) is 0 Å². The Kier molecular flexibility index (Phi) is 6.81. The zero-order chi connectivity index (χ0) is 17.4. The van der Waals surface area contributed by atoms with Crippen LogP contribution in [0.2, 0.25) is 0 Å². The molecule has 0 aromatic rings. The van der Waals surface area contributed by atoms with Crippen LogP contribution in [-0.4, -0.2) is 0 Å². The first-order valence-corrected chi connectivity index (χ1v) is 8.92. The van der Waals surface area contributed by atoms with Gasteiger partial charge < -0.3 is 0 Å². The lowest BCUT2D eigenvalue weighted by Gasteiger charge is -2.18. The van der Waals surface area contributed by atoms with Crippen LogP contribution in [0.3, 0.4) is 0 Å². The van der Waals surface area contributed by atoms with E-state index in [-0.39, 0.29) is 0 Å². The Hall–Kier alpha value is -2.34. The van der Waals surface area contributed by atoms with Gasteiger partial charge in [-0.3, -0.25) is 0 Å². The fourth-order valence-corrected chi connectivity index (χ4v) is 3.31. The molecule has 0 unspecified atom stereocenters. The molecule has 0 bridgehead atoms. The molecule has 2 aliphatic rings. The first-order chi connectivity index (χ1) is 11.8. The van der Waals surface area contributed by atoms with Gasteiger partial charge in [0.1, 0.15) is 0 Å². The lowest BCUT2D eigenvalue weighted by molar-refractivity contribution is 0.938. The summed E-state index contributed by atoms with van der Waals surface area (Å²) in [7, 11) is 0. The summed E-state index contributed by atoms with van der Waals surface area (Å²) < 4.78 is 0. The topological polar surface area (TPSA) is 0 Å².